The minimum Gasteiger partial charge on any atom is -0.366 e. The highest BCUT2D eigenvalue weighted by molar-refractivity contribution is 6.11. The molecule has 6 nitrogen and oxygen atoms in total. The van der Waals surface area contributed by atoms with Crippen LogP contribution in [0.1, 0.15) is 43.0 Å². The lowest BCUT2D eigenvalue weighted by molar-refractivity contribution is 0.0997. The normalized spacial score (nSPS) is 11.0. The Morgan fingerprint density at radius 2 is 1.41 bits per heavy atom. The van der Waals surface area contributed by atoms with Crippen LogP contribution >= 0.6 is 0 Å². The van der Waals surface area contributed by atoms with Gasteiger partial charge < -0.3 is 16.4 Å². The molecule has 0 fully saturated rings. The number of hydrogen-bond donors (Lipinski definition) is 3. The number of para-hydroxylation sites is 1. The molecule has 0 aliphatic heterocycles. The van der Waals surface area contributed by atoms with Crippen LogP contribution in [0.5, 0.6) is 0 Å². The largest absolute Gasteiger partial charge is 0.366 e. The van der Waals surface area contributed by atoms with Crippen LogP contribution in [-0.2, 0) is 12.8 Å². The van der Waals surface area contributed by atoms with Crippen LogP contribution in [0.2, 0.25) is 0 Å². The van der Waals surface area contributed by atoms with Crippen molar-refractivity contribution in [3.8, 4) is 11.3 Å². The highest BCUT2D eigenvalue weighted by atomic mass is 16.2. The molecule has 5 rings (SSSR count). The number of carbonyl (C=O) groups is 2. The summed E-state index contributed by atoms with van der Waals surface area (Å²) in [5.74, 6) is -0.879. The fraction of sp³-hybridized carbons (Fsp3) is 0.171. The Morgan fingerprint density at radius 1 is 0.732 bits per heavy atom. The summed E-state index contributed by atoms with van der Waals surface area (Å²) >= 11 is 0. The number of primary amides is 1. The molecule has 2 amide bonds. The molecule has 0 unspecified atom stereocenters. The van der Waals surface area contributed by atoms with Crippen molar-refractivity contribution in [1.29, 1.82) is 0 Å². The van der Waals surface area contributed by atoms with E-state index in [-0.39, 0.29) is 11.5 Å². The fourth-order valence-corrected chi connectivity index (χ4v) is 4.90. The Hall–Kier alpha value is -4.81. The smallest absolute Gasteiger partial charge is 0.256 e. The lowest BCUT2D eigenvalue weighted by Crippen LogP contribution is -2.20. The second-order valence-electron chi connectivity index (χ2n) is 10.3. The summed E-state index contributed by atoms with van der Waals surface area (Å²) in [4.78, 5) is 30.4. The molecule has 0 radical (unpaired) electrons. The van der Waals surface area contributed by atoms with Crippen molar-refractivity contribution < 1.29 is 9.59 Å². The summed E-state index contributed by atoms with van der Waals surface area (Å²) < 4.78 is 0. The van der Waals surface area contributed by atoms with Gasteiger partial charge in [0, 0.05) is 22.2 Å². The number of pyridine rings is 1. The number of nitrogens with two attached hydrogens (primary N) is 1. The standard InChI is InChI=1S/C35H34N4O2/c1-23-11-12-26(21-24(23)2)18-20-37-19-17-25-13-15-28(16-14-25)38-35(41)30-9-5-4-8-29(30)33-31(34(36)40)22-27-7-3-6-10-32(27)39-33/h3-16,21-22,37H,17-20H2,1-2H3,(H2,36,40)(H,38,41). The third kappa shape index (κ3) is 6.68. The van der Waals surface area contributed by atoms with Gasteiger partial charge in [0.25, 0.3) is 11.8 Å². The topological polar surface area (TPSA) is 97.1 Å². The molecule has 41 heavy (non-hydrogen) atoms. The maximum atomic E-state index is 13.4. The summed E-state index contributed by atoms with van der Waals surface area (Å²) in [5.41, 5.74) is 13.9. The summed E-state index contributed by atoms with van der Waals surface area (Å²) in [7, 11) is 0. The van der Waals surface area contributed by atoms with E-state index in [9.17, 15) is 9.59 Å². The molecule has 0 spiro atoms. The van der Waals surface area contributed by atoms with Crippen molar-refractivity contribution in [2.24, 2.45) is 5.73 Å². The van der Waals surface area contributed by atoms with E-state index in [0.29, 0.717) is 22.5 Å². The summed E-state index contributed by atoms with van der Waals surface area (Å²) in [6.45, 7) is 6.10. The first-order valence-corrected chi connectivity index (χ1v) is 13.8. The number of nitrogens with one attached hydrogen (secondary N) is 2. The first kappa shape index (κ1) is 27.7. The predicted molar refractivity (Wildman–Crippen MR) is 166 cm³/mol. The molecule has 206 valence electrons. The Balaban J connectivity index is 1.22. The zero-order valence-electron chi connectivity index (χ0n) is 23.4. The van der Waals surface area contributed by atoms with Crippen LogP contribution in [-0.4, -0.2) is 29.9 Å². The number of anilines is 1. The highest BCUT2D eigenvalue weighted by Crippen LogP contribution is 2.29. The van der Waals surface area contributed by atoms with Crippen molar-refractivity contribution in [2.75, 3.05) is 18.4 Å². The number of aryl methyl sites for hydroxylation is 2. The molecule has 0 saturated carbocycles. The van der Waals surface area contributed by atoms with E-state index in [2.05, 4.69) is 42.7 Å². The van der Waals surface area contributed by atoms with Crippen molar-refractivity contribution in [2.45, 2.75) is 26.7 Å². The second-order valence-corrected chi connectivity index (χ2v) is 10.3. The lowest BCUT2D eigenvalue weighted by Gasteiger charge is -2.13. The SMILES string of the molecule is Cc1ccc(CCNCCc2ccc(NC(=O)c3ccccc3-c3nc4ccccc4cc3C(N)=O)cc2)cc1C. The molecule has 6 heteroatoms. The predicted octanol–water partition coefficient (Wildman–Crippen LogP) is 6.24. The molecule has 0 atom stereocenters. The minimum atomic E-state index is -0.594. The van der Waals surface area contributed by atoms with E-state index in [1.165, 1.54) is 22.3 Å². The Morgan fingerprint density at radius 3 is 2.17 bits per heavy atom. The van der Waals surface area contributed by atoms with Gasteiger partial charge in [-0.1, -0.05) is 66.7 Å². The van der Waals surface area contributed by atoms with Gasteiger partial charge in [0.15, 0.2) is 0 Å². The van der Waals surface area contributed by atoms with Crippen LogP contribution in [0.3, 0.4) is 0 Å². The molecule has 1 heterocycles. The van der Waals surface area contributed by atoms with Gasteiger partial charge in [-0.3, -0.25) is 9.59 Å². The summed E-state index contributed by atoms with van der Waals surface area (Å²) in [6, 6.07) is 30.9. The van der Waals surface area contributed by atoms with Crippen LogP contribution in [0.25, 0.3) is 22.2 Å². The molecule has 0 aliphatic rings. The Kier molecular flexibility index (Phi) is 8.51. The highest BCUT2D eigenvalue weighted by Gasteiger charge is 2.19. The molecule has 5 aromatic rings. The average molecular weight is 543 g/mol. The van der Waals surface area contributed by atoms with Crippen molar-refractivity contribution in [1.82, 2.24) is 10.3 Å². The zero-order chi connectivity index (χ0) is 28.8. The van der Waals surface area contributed by atoms with Gasteiger partial charge in [-0.2, -0.15) is 0 Å². The molecular formula is C35H34N4O2. The minimum absolute atomic E-state index is 0.274. The van der Waals surface area contributed by atoms with Crippen molar-refractivity contribution in [3.05, 3.63) is 130 Å². The quantitative estimate of drug-likeness (QED) is 0.182. The van der Waals surface area contributed by atoms with E-state index < -0.39 is 5.91 Å². The number of rotatable bonds is 10. The molecule has 1 aromatic heterocycles. The zero-order valence-corrected chi connectivity index (χ0v) is 23.4. The molecule has 0 bridgehead atoms. The van der Waals surface area contributed by atoms with Gasteiger partial charge in [-0.15, -0.1) is 0 Å². The lowest BCUT2D eigenvalue weighted by atomic mass is 9.98. The first-order valence-electron chi connectivity index (χ1n) is 13.8. The van der Waals surface area contributed by atoms with Gasteiger partial charge in [-0.05, 0) is 92.4 Å². The van der Waals surface area contributed by atoms with E-state index in [0.717, 1.165) is 36.8 Å². The van der Waals surface area contributed by atoms with Gasteiger partial charge >= 0.3 is 0 Å². The second kappa shape index (κ2) is 12.6. The van der Waals surface area contributed by atoms with Crippen LogP contribution in [0.4, 0.5) is 5.69 Å². The maximum absolute atomic E-state index is 13.4. The molecule has 4 aromatic carbocycles. The van der Waals surface area contributed by atoms with Crippen LogP contribution < -0.4 is 16.4 Å². The van der Waals surface area contributed by atoms with Gasteiger partial charge in [-0.25, -0.2) is 4.98 Å². The number of amides is 2. The van der Waals surface area contributed by atoms with E-state index in [1.54, 1.807) is 24.3 Å². The molecular weight excluding hydrogens is 508 g/mol. The number of aromatic nitrogens is 1. The van der Waals surface area contributed by atoms with E-state index >= 15 is 0 Å². The van der Waals surface area contributed by atoms with Crippen LogP contribution in [0, 0.1) is 13.8 Å². The van der Waals surface area contributed by atoms with Gasteiger partial charge in [0.1, 0.15) is 0 Å². The monoisotopic (exact) mass is 542 g/mol. The van der Waals surface area contributed by atoms with Crippen molar-refractivity contribution >= 4 is 28.4 Å². The van der Waals surface area contributed by atoms with Gasteiger partial charge in [0.2, 0.25) is 0 Å². The Labute approximate surface area is 240 Å². The average Bonchev–Trinajstić information content (AvgIpc) is 2.99. The van der Waals surface area contributed by atoms with Gasteiger partial charge in [0.05, 0.1) is 16.8 Å². The summed E-state index contributed by atoms with van der Waals surface area (Å²) in [5, 5.41) is 7.32. The maximum Gasteiger partial charge on any atom is 0.256 e. The van der Waals surface area contributed by atoms with E-state index in [1.807, 2.05) is 54.6 Å². The number of nitrogens with zero attached hydrogens (tertiary/aromatic N) is 1. The summed E-state index contributed by atoms with van der Waals surface area (Å²) in [6.07, 6.45) is 1.90. The van der Waals surface area contributed by atoms with E-state index in [4.69, 9.17) is 10.7 Å². The number of hydrogen-bond acceptors (Lipinski definition) is 4. The third-order valence-corrected chi connectivity index (χ3v) is 7.38. The van der Waals surface area contributed by atoms with Crippen molar-refractivity contribution in [3.63, 3.8) is 0 Å². The first-order chi connectivity index (χ1) is 19.9. The third-order valence-electron chi connectivity index (χ3n) is 7.38. The van der Waals surface area contributed by atoms with Crippen LogP contribution in [0.15, 0.2) is 97.1 Å². The number of fused-ring (bicyclic) bond motifs is 1. The fourth-order valence-electron chi connectivity index (χ4n) is 4.90. The Bertz CT molecular complexity index is 1710. The molecule has 0 aliphatic carbocycles. The number of carbonyl (C=O) groups excluding carboxylic acids is 2. The molecule has 0 saturated heterocycles. The molecule has 4 N–H and O–H groups in total. The number of benzene rings is 4.